The molecule has 0 spiro atoms. The molecule has 0 bridgehead atoms. The Morgan fingerprint density at radius 2 is 2.25 bits per heavy atom. The van der Waals surface area contributed by atoms with Crippen molar-refractivity contribution in [3.8, 4) is 0 Å². The SMILES string of the molecule is NC1Cc2cc(Cl)ccc2C1=O. The third-order valence-corrected chi connectivity index (χ3v) is 2.34. The summed E-state index contributed by atoms with van der Waals surface area (Å²) in [5.41, 5.74) is 7.29. The fraction of sp³-hybridized carbons (Fsp3) is 0.222. The van der Waals surface area contributed by atoms with E-state index in [0.717, 1.165) is 11.1 Å². The van der Waals surface area contributed by atoms with E-state index >= 15 is 0 Å². The lowest BCUT2D eigenvalue weighted by Crippen LogP contribution is -2.26. The van der Waals surface area contributed by atoms with Gasteiger partial charge in [-0.25, -0.2) is 0 Å². The van der Waals surface area contributed by atoms with E-state index in [0.29, 0.717) is 11.4 Å². The van der Waals surface area contributed by atoms with Gasteiger partial charge >= 0.3 is 0 Å². The van der Waals surface area contributed by atoms with Crippen LogP contribution in [0, 0.1) is 0 Å². The Labute approximate surface area is 75.3 Å². The Bertz CT molecular complexity index is 348. The standard InChI is InChI=1S/C9H8ClNO/c10-6-1-2-7-5(3-6)4-8(11)9(7)12/h1-3,8H,4,11H2. The van der Waals surface area contributed by atoms with Crippen LogP contribution in [0.5, 0.6) is 0 Å². The van der Waals surface area contributed by atoms with E-state index in [2.05, 4.69) is 0 Å². The van der Waals surface area contributed by atoms with Crippen molar-refractivity contribution in [3.63, 3.8) is 0 Å². The van der Waals surface area contributed by atoms with Crippen LogP contribution in [0.25, 0.3) is 0 Å². The zero-order valence-electron chi connectivity index (χ0n) is 6.38. The molecule has 0 amide bonds. The number of rotatable bonds is 0. The molecule has 0 radical (unpaired) electrons. The van der Waals surface area contributed by atoms with Gasteiger partial charge in [-0.15, -0.1) is 0 Å². The summed E-state index contributed by atoms with van der Waals surface area (Å²) in [5, 5.41) is 0.663. The van der Waals surface area contributed by atoms with Gasteiger partial charge in [0.05, 0.1) is 6.04 Å². The molecule has 0 saturated heterocycles. The van der Waals surface area contributed by atoms with Crippen LogP contribution in [0.4, 0.5) is 0 Å². The number of carbonyl (C=O) groups is 1. The normalized spacial score (nSPS) is 21.2. The number of halogens is 1. The second kappa shape index (κ2) is 2.57. The first kappa shape index (κ1) is 7.77. The number of hydrogen-bond donors (Lipinski definition) is 1. The number of benzene rings is 1. The van der Waals surface area contributed by atoms with Gasteiger partial charge in [-0.2, -0.15) is 0 Å². The molecule has 1 unspecified atom stereocenters. The molecule has 2 N–H and O–H groups in total. The highest BCUT2D eigenvalue weighted by molar-refractivity contribution is 6.30. The van der Waals surface area contributed by atoms with Crippen molar-refractivity contribution < 1.29 is 4.79 Å². The molecule has 2 nitrogen and oxygen atoms in total. The molecule has 62 valence electrons. The molecule has 0 aromatic heterocycles. The largest absolute Gasteiger partial charge is 0.321 e. The maximum atomic E-state index is 11.3. The molecule has 0 aliphatic heterocycles. The average molecular weight is 182 g/mol. The molecule has 1 aliphatic carbocycles. The van der Waals surface area contributed by atoms with Crippen LogP contribution in [-0.4, -0.2) is 11.8 Å². The molecule has 0 saturated carbocycles. The third-order valence-electron chi connectivity index (χ3n) is 2.11. The van der Waals surface area contributed by atoms with Crippen LogP contribution in [0.3, 0.4) is 0 Å². The number of carbonyl (C=O) groups excluding carboxylic acids is 1. The van der Waals surface area contributed by atoms with E-state index in [9.17, 15) is 4.79 Å². The summed E-state index contributed by atoms with van der Waals surface area (Å²) in [5.74, 6) is 0.0293. The Morgan fingerprint density at radius 3 is 3.00 bits per heavy atom. The van der Waals surface area contributed by atoms with Gasteiger partial charge in [0.15, 0.2) is 5.78 Å². The minimum Gasteiger partial charge on any atom is -0.321 e. The van der Waals surface area contributed by atoms with Crippen molar-refractivity contribution in [2.24, 2.45) is 5.73 Å². The van der Waals surface area contributed by atoms with Crippen LogP contribution >= 0.6 is 11.6 Å². The highest BCUT2D eigenvalue weighted by Crippen LogP contribution is 2.24. The first-order valence-electron chi connectivity index (χ1n) is 3.76. The molecule has 1 aliphatic rings. The number of nitrogens with two attached hydrogens (primary N) is 1. The third kappa shape index (κ3) is 1.04. The van der Waals surface area contributed by atoms with E-state index in [1.54, 1.807) is 12.1 Å². The highest BCUT2D eigenvalue weighted by Gasteiger charge is 2.26. The predicted molar refractivity (Wildman–Crippen MR) is 47.5 cm³/mol. The molecular weight excluding hydrogens is 174 g/mol. The zero-order valence-corrected chi connectivity index (χ0v) is 7.14. The highest BCUT2D eigenvalue weighted by atomic mass is 35.5. The van der Waals surface area contributed by atoms with E-state index in [4.69, 9.17) is 17.3 Å². The lowest BCUT2D eigenvalue weighted by Gasteiger charge is -1.95. The quantitative estimate of drug-likeness (QED) is 0.658. The molecule has 0 heterocycles. The van der Waals surface area contributed by atoms with Crippen LogP contribution in [0.1, 0.15) is 15.9 Å². The van der Waals surface area contributed by atoms with E-state index in [1.807, 2.05) is 6.07 Å². The summed E-state index contributed by atoms with van der Waals surface area (Å²) in [6.45, 7) is 0. The molecule has 1 aromatic rings. The van der Waals surface area contributed by atoms with Crippen molar-refractivity contribution in [3.05, 3.63) is 34.3 Å². The van der Waals surface area contributed by atoms with Gasteiger partial charge in [0, 0.05) is 10.6 Å². The van der Waals surface area contributed by atoms with Gasteiger partial charge in [0.2, 0.25) is 0 Å². The Hall–Kier alpha value is -0.860. The number of fused-ring (bicyclic) bond motifs is 1. The molecule has 2 rings (SSSR count). The van der Waals surface area contributed by atoms with E-state index in [1.165, 1.54) is 0 Å². The maximum absolute atomic E-state index is 11.3. The summed E-state index contributed by atoms with van der Waals surface area (Å²) < 4.78 is 0. The van der Waals surface area contributed by atoms with E-state index in [-0.39, 0.29) is 11.8 Å². The smallest absolute Gasteiger partial charge is 0.180 e. The van der Waals surface area contributed by atoms with Crippen LogP contribution in [0.15, 0.2) is 18.2 Å². The summed E-state index contributed by atoms with van der Waals surface area (Å²) in [7, 11) is 0. The summed E-state index contributed by atoms with van der Waals surface area (Å²) in [4.78, 5) is 11.3. The Balaban J connectivity index is 2.54. The topological polar surface area (TPSA) is 43.1 Å². The van der Waals surface area contributed by atoms with Crippen molar-refractivity contribution in [1.82, 2.24) is 0 Å². The molecule has 1 aromatic carbocycles. The predicted octanol–water partition coefficient (Wildman–Crippen LogP) is 1.41. The molecule has 0 fully saturated rings. The van der Waals surface area contributed by atoms with Crippen LogP contribution < -0.4 is 5.73 Å². The number of hydrogen-bond acceptors (Lipinski definition) is 2. The van der Waals surface area contributed by atoms with Crippen molar-refractivity contribution in [2.75, 3.05) is 0 Å². The van der Waals surface area contributed by atoms with Gasteiger partial charge in [-0.1, -0.05) is 11.6 Å². The van der Waals surface area contributed by atoms with Crippen molar-refractivity contribution >= 4 is 17.4 Å². The van der Waals surface area contributed by atoms with Gasteiger partial charge in [0.1, 0.15) is 0 Å². The second-order valence-electron chi connectivity index (χ2n) is 2.98. The summed E-state index contributed by atoms with van der Waals surface area (Å²) >= 11 is 5.77. The summed E-state index contributed by atoms with van der Waals surface area (Å²) in [6, 6.07) is 4.91. The molecule has 3 heteroatoms. The molecular formula is C9H8ClNO. The Morgan fingerprint density at radius 1 is 1.50 bits per heavy atom. The van der Waals surface area contributed by atoms with Gasteiger partial charge in [-0.05, 0) is 30.2 Å². The zero-order chi connectivity index (χ0) is 8.72. The van der Waals surface area contributed by atoms with Gasteiger partial charge in [0.25, 0.3) is 0 Å². The fourth-order valence-electron chi connectivity index (χ4n) is 1.50. The van der Waals surface area contributed by atoms with Gasteiger partial charge in [-0.3, -0.25) is 4.79 Å². The minimum absolute atomic E-state index is 0.0293. The minimum atomic E-state index is -0.363. The summed E-state index contributed by atoms with van der Waals surface area (Å²) in [6.07, 6.45) is 0.620. The molecule has 12 heavy (non-hydrogen) atoms. The van der Waals surface area contributed by atoms with Crippen molar-refractivity contribution in [2.45, 2.75) is 12.5 Å². The first-order chi connectivity index (χ1) is 5.68. The monoisotopic (exact) mass is 181 g/mol. The number of ketones is 1. The lowest BCUT2D eigenvalue weighted by molar-refractivity contribution is 0.0974. The van der Waals surface area contributed by atoms with Crippen molar-refractivity contribution in [1.29, 1.82) is 0 Å². The fourth-order valence-corrected chi connectivity index (χ4v) is 1.70. The second-order valence-corrected chi connectivity index (χ2v) is 3.41. The van der Waals surface area contributed by atoms with Gasteiger partial charge < -0.3 is 5.73 Å². The maximum Gasteiger partial charge on any atom is 0.180 e. The lowest BCUT2D eigenvalue weighted by atomic mass is 10.1. The molecule has 1 atom stereocenters. The van der Waals surface area contributed by atoms with Crippen LogP contribution in [0.2, 0.25) is 5.02 Å². The van der Waals surface area contributed by atoms with E-state index < -0.39 is 0 Å². The Kier molecular flexibility index (Phi) is 1.67. The average Bonchev–Trinajstić information content (AvgIpc) is 2.28. The van der Waals surface area contributed by atoms with Crippen LogP contribution in [-0.2, 0) is 6.42 Å². The first-order valence-corrected chi connectivity index (χ1v) is 4.14. The number of Topliss-reactive ketones (excluding diaryl/α,β-unsaturated/α-hetero) is 1.